The van der Waals surface area contributed by atoms with Gasteiger partial charge in [-0.25, -0.2) is 0 Å². The van der Waals surface area contributed by atoms with Crippen LogP contribution < -0.4 is 21.2 Å². The molecule has 8 rings (SSSR count). The van der Waals surface area contributed by atoms with Crippen LogP contribution >= 0.6 is 15.8 Å². The highest BCUT2D eigenvalue weighted by Crippen LogP contribution is 2.49. The molecule has 0 heterocycles. The lowest BCUT2D eigenvalue weighted by molar-refractivity contribution is -0.138. The van der Waals surface area contributed by atoms with Crippen molar-refractivity contribution in [2.45, 2.75) is 37.0 Å². The maximum atomic E-state index is 13.7. The van der Waals surface area contributed by atoms with Crippen LogP contribution in [0.2, 0.25) is 0 Å². The number of rotatable bonds is 9. The van der Waals surface area contributed by atoms with Gasteiger partial charge in [0.05, 0.1) is 22.3 Å². The van der Waals surface area contributed by atoms with Crippen LogP contribution in [0.3, 0.4) is 0 Å². The molecule has 0 aromatic heterocycles. The quantitative estimate of drug-likeness (QED) is 0.1000. The highest BCUT2D eigenvalue weighted by atomic mass is 31.1. The molecule has 64 heavy (non-hydrogen) atoms. The first-order valence-corrected chi connectivity index (χ1v) is 22.6. The van der Waals surface area contributed by atoms with Crippen molar-refractivity contribution in [1.82, 2.24) is 0 Å². The Hall–Kier alpha value is -5.70. The number of benzene rings is 8. The highest BCUT2D eigenvalue weighted by Gasteiger charge is 2.34. The van der Waals surface area contributed by atoms with Crippen molar-refractivity contribution < 1.29 is 52.7 Å². The first-order chi connectivity index (χ1) is 30.3. The summed E-state index contributed by atoms with van der Waals surface area (Å²) in [5.41, 5.74) is -0.653. The predicted molar refractivity (Wildman–Crippen MR) is 232 cm³/mol. The number of hydrogen-bond donors (Lipinski definition) is 0. The van der Waals surface area contributed by atoms with E-state index >= 15 is 0 Å². The van der Waals surface area contributed by atoms with E-state index in [9.17, 15) is 52.7 Å². The first-order valence-electron chi connectivity index (χ1n) is 19.5. The normalized spacial score (nSPS) is 12.8. The van der Waals surface area contributed by atoms with E-state index in [-0.39, 0.29) is 12.3 Å². The second kappa shape index (κ2) is 17.4. The maximum absolute atomic E-state index is 13.7. The van der Waals surface area contributed by atoms with E-state index < -0.39 is 62.8 Å². The van der Waals surface area contributed by atoms with Gasteiger partial charge in [-0.1, -0.05) is 121 Å². The third-order valence-electron chi connectivity index (χ3n) is 11.0. The molecule has 14 heteroatoms. The molecule has 8 aromatic carbocycles. The molecular weight excluding hydrogens is 890 g/mol. The molecule has 0 saturated carbocycles. The maximum Gasteiger partial charge on any atom is 0.416 e. The van der Waals surface area contributed by atoms with Crippen LogP contribution in [-0.2, 0) is 37.0 Å². The SMILES string of the molecule is FC(F)(F)c1ccc(P(Cc2ccc3ccccc3c2-c2c(CP(c3ccc(C(F)(F)F)cc3)c3ccc(C(F)(F)F)cc3)ccc3ccccc23)c2ccc(C(F)(F)F)cc2)cc1. The van der Waals surface area contributed by atoms with Gasteiger partial charge in [-0.2, -0.15) is 52.7 Å². The molecule has 0 aliphatic rings. The zero-order valence-corrected chi connectivity index (χ0v) is 34.8. The standard InChI is InChI=1S/C50H32F12P2/c51-47(52,53)35-13-21-39(22-14-35)63(40-23-15-36(16-24-40)48(54,55)56)29-33-11-9-31-5-1-3-7-43(31)45(33)46-34(12-10-32-6-2-4-8-44(32)46)30-64(41-25-17-37(18-26-41)49(57,58)59)42-27-19-38(20-28-42)50(60,61)62/h1-28H,29-30H2. The molecule has 0 fully saturated rings. The van der Waals surface area contributed by atoms with Gasteiger partial charge in [0.1, 0.15) is 0 Å². The second-order valence-corrected chi connectivity index (χ2v) is 19.4. The number of hydrogen-bond acceptors (Lipinski definition) is 0. The molecule has 0 unspecified atom stereocenters. The van der Waals surface area contributed by atoms with Gasteiger partial charge in [0.15, 0.2) is 0 Å². The molecule has 0 amide bonds. The second-order valence-electron chi connectivity index (χ2n) is 15.0. The van der Waals surface area contributed by atoms with E-state index in [1.165, 1.54) is 48.5 Å². The Morgan fingerprint density at radius 3 is 0.781 bits per heavy atom. The number of fused-ring (bicyclic) bond motifs is 2. The topological polar surface area (TPSA) is 0 Å². The fourth-order valence-electron chi connectivity index (χ4n) is 7.81. The van der Waals surface area contributed by atoms with Crippen LogP contribution in [0.15, 0.2) is 170 Å². The molecule has 0 nitrogen and oxygen atoms in total. The predicted octanol–water partition coefficient (Wildman–Crippen LogP) is 15.0. The van der Waals surface area contributed by atoms with Crippen LogP contribution in [0.5, 0.6) is 0 Å². The Morgan fingerprint density at radius 2 is 0.531 bits per heavy atom. The molecule has 8 aromatic rings. The van der Waals surface area contributed by atoms with E-state index in [2.05, 4.69) is 0 Å². The van der Waals surface area contributed by atoms with Crippen molar-refractivity contribution in [3.8, 4) is 11.1 Å². The molecule has 0 saturated heterocycles. The van der Waals surface area contributed by atoms with Crippen LogP contribution in [-0.4, -0.2) is 0 Å². The highest BCUT2D eigenvalue weighted by molar-refractivity contribution is 7.72. The monoisotopic (exact) mass is 922 g/mol. The van der Waals surface area contributed by atoms with Crippen LogP contribution in [0, 0.1) is 0 Å². The van der Waals surface area contributed by atoms with E-state index in [4.69, 9.17) is 0 Å². The minimum Gasteiger partial charge on any atom is -0.166 e. The van der Waals surface area contributed by atoms with Gasteiger partial charge in [-0.3, -0.25) is 0 Å². The number of alkyl halides is 12. The minimum absolute atomic E-state index is 0.168. The molecule has 326 valence electrons. The van der Waals surface area contributed by atoms with Crippen LogP contribution in [0.25, 0.3) is 32.7 Å². The minimum atomic E-state index is -4.63. The Morgan fingerprint density at radius 1 is 0.281 bits per heavy atom. The van der Waals surface area contributed by atoms with Gasteiger partial charge in [0.2, 0.25) is 0 Å². The summed E-state index contributed by atoms with van der Waals surface area (Å²) in [5, 5.41) is 5.12. The van der Waals surface area contributed by atoms with E-state index in [0.717, 1.165) is 92.3 Å². The van der Waals surface area contributed by atoms with Gasteiger partial charge in [-0.05, 0) is 129 Å². The summed E-state index contributed by atoms with van der Waals surface area (Å²) in [6.07, 6.45) is -18.2. The molecule has 0 N–H and O–H groups in total. The van der Waals surface area contributed by atoms with Crippen molar-refractivity contribution in [3.05, 3.63) is 203 Å². The Labute approximate surface area is 361 Å². The number of halogens is 12. The van der Waals surface area contributed by atoms with E-state index in [1.54, 1.807) is 0 Å². The lowest BCUT2D eigenvalue weighted by Crippen LogP contribution is -2.17. The Balaban J connectivity index is 1.34. The van der Waals surface area contributed by atoms with Crippen LogP contribution in [0.1, 0.15) is 33.4 Å². The molecule has 0 spiro atoms. The lowest BCUT2D eigenvalue weighted by atomic mass is 9.88. The van der Waals surface area contributed by atoms with Gasteiger partial charge in [0.25, 0.3) is 0 Å². The van der Waals surface area contributed by atoms with E-state index in [0.29, 0.717) is 21.2 Å². The van der Waals surface area contributed by atoms with Crippen molar-refractivity contribution >= 4 is 58.6 Å². The fraction of sp³-hybridized carbons (Fsp3) is 0.120. The summed E-state index contributed by atoms with van der Waals surface area (Å²) in [6, 6.07) is 40.9. The van der Waals surface area contributed by atoms with Gasteiger partial charge in [0, 0.05) is 12.3 Å². The molecule has 0 aliphatic carbocycles. The van der Waals surface area contributed by atoms with Crippen molar-refractivity contribution in [3.63, 3.8) is 0 Å². The smallest absolute Gasteiger partial charge is 0.166 e. The third-order valence-corrected chi connectivity index (χ3v) is 16.0. The van der Waals surface area contributed by atoms with Crippen LogP contribution in [0.4, 0.5) is 52.7 Å². The molecule has 0 radical (unpaired) electrons. The zero-order chi connectivity index (χ0) is 45.6. The summed E-state index contributed by atoms with van der Waals surface area (Å²) in [4.78, 5) is 0. The Kier molecular flexibility index (Phi) is 12.2. The molecule has 0 atom stereocenters. The average Bonchev–Trinajstić information content (AvgIpc) is 3.26. The molecular formula is C50H32F12P2. The summed E-state index contributed by atoms with van der Waals surface area (Å²) in [5.74, 6) is 0. The van der Waals surface area contributed by atoms with Gasteiger partial charge >= 0.3 is 24.7 Å². The fourth-order valence-corrected chi connectivity index (χ4v) is 12.4. The summed E-state index contributed by atoms with van der Waals surface area (Å²) >= 11 is 0. The summed E-state index contributed by atoms with van der Waals surface area (Å²) in [6.45, 7) is 0. The zero-order valence-electron chi connectivity index (χ0n) is 33.0. The first kappa shape index (κ1) is 44.9. The average molecular weight is 923 g/mol. The third kappa shape index (κ3) is 9.55. The van der Waals surface area contributed by atoms with E-state index in [1.807, 2.05) is 72.8 Å². The van der Waals surface area contributed by atoms with Crippen molar-refractivity contribution in [1.29, 1.82) is 0 Å². The van der Waals surface area contributed by atoms with Crippen molar-refractivity contribution in [2.24, 2.45) is 0 Å². The Bertz CT molecular complexity index is 2600. The molecule has 0 bridgehead atoms. The largest absolute Gasteiger partial charge is 0.416 e. The summed E-state index contributed by atoms with van der Waals surface area (Å²) in [7, 11) is -3.34. The van der Waals surface area contributed by atoms with Crippen molar-refractivity contribution in [2.75, 3.05) is 0 Å². The molecule has 0 aliphatic heterocycles. The summed E-state index contributed by atoms with van der Waals surface area (Å²) < 4.78 is 165. The van der Waals surface area contributed by atoms with Gasteiger partial charge in [-0.15, -0.1) is 0 Å². The lowest BCUT2D eigenvalue weighted by Gasteiger charge is -2.26. The van der Waals surface area contributed by atoms with Gasteiger partial charge < -0.3 is 0 Å².